The van der Waals surface area contributed by atoms with Crippen molar-refractivity contribution in [2.24, 2.45) is 0 Å². The maximum absolute atomic E-state index is 13.6. The number of Topliss-reactive ketones (excluding diaryl/α,β-unsaturated/α-hetero) is 1. The van der Waals surface area contributed by atoms with Gasteiger partial charge < -0.3 is 24.1 Å². The van der Waals surface area contributed by atoms with Gasteiger partial charge in [0.1, 0.15) is 17.3 Å². The molecule has 0 radical (unpaired) electrons. The minimum absolute atomic E-state index is 0.0210. The van der Waals surface area contributed by atoms with Gasteiger partial charge in [0, 0.05) is 11.3 Å². The normalized spacial score (nSPS) is 16.4. The van der Waals surface area contributed by atoms with Gasteiger partial charge in [0.15, 0.2) is 11.5 Å². The van der Waals surface area contributed by atoms with Crippen LogP contribution in [0.15, 0.2) is 66.2 Å². The van der Waals surface area contributed by atoms with E-state index < -0.39 is 17.7 Å². The molecule has 40 heavy (non-hydrogen) atoms. The number of aliphatic hydroxyl groups excluding tert-OH is 1. The van der Waals surface area contributed by atoms with E-state index in [4.69, 9.17) is 18.9 Å². The number of hydrogen-bond acceptors (Lipinski definition) is 7. The zero-order chi connectivity index (χ0) is 29.0. The van der Waals surface area contributed by atoms with E-state index in [2.05, 4.69) is 0 Å². The van der Waals surface area contributed by atoms with Gasteiger partial charge in [-0.05, 0) is 85.5 Å². The van der Waals surface area contributed by atoms with Crippen LogP contribution in [0.1, 0.15) is 56.3 Å². The van der Waals surface area contributed by atoms with Crippen LogP contribution in [-0.4, -0.2) is 44.2 Å². The van der Waals surface area contributed by atoms with Crippen molar-refractivity contribution in [3.05, 3.63) is 82.9 Å². The summed E-state index contributed by atoms with van der Waals surface area (Å²) in [6, 6.07) is 16.4. The molecule has 4 rings (SSSR count). The van der Waals surface area contributed by atoms with Gasteiger partial charge in [0.2, 0.25) is 0 Å². The zero-order valence-corrected chi connectivity index (χ0v) is 23.7. The second-order valence-corrected chi connectivity index (χ2v) is 9.55. The van der Waals surface area contributed by atoms with Crippen LogP contribution in [0.3, 0.4) is 0 Å². The van der Waals surface area contributed by atoms with Crippen LogP contribution in [0.5, 0.6) is 23.0 Å². The smallest absolute Gasteiger partial charge is 0.300 e. The highest BCUT2D eigenvalue weighted by atomic mass is 16.5. The van der Waals surface area contributed by atoms with Crippen molar-refractivity contribution in [1.29, 1.82) is 0 Å². The van der Waals surface area contributed by atoms with Gasteiger partial charge in [-0.15, -0.1) is 0 Å². The molecule has 1 fully saturated rings. The molecule has 1 N–H and O–H groups in total. The predicted molar refractivity (Wildman–Crippen MR) is 154 cm³/mol. The molecule has 1 aliphatic heterocycles. The Hall–Kier alpha value is -4.46. The first-order chi connectivity index (χ1) is 19.2. The molecule has 8 heteroatoms. The van der Waals surface area contributed by atoms with E-state index in [1.54, 1.807) is 68.8 Å². The van der Waals surface area contributed by atoms with Gasteiger partial charge in [0.05, 0.1) is 39.0 Å². The summed E-state index contributed by atoms with van der Waals surface area (Å²) in [6.07, 6.45) is 0. The monoisotopic (exact) mass is 545 g/mol. The SMILES string of the molecule is CCOc1cc(C2/C(=C(\O)c3ccc(OCC)c(C(C)C)c3)C(=O)C(=O)N2c2ccc(OC)cc2)ccc1OC. The summed E-state index contributed by atoms with van der Waals surface area (Å²) < 4.78 is 22.3. The number of ketones is 1. The van der Waals surface area contributed by atoms with Crippen molar-refractivity contribution in [3.8, 4) is 23.0 Å². The molecule has 1 saturated heterocycles. The van der Waals surface area contributed by atoms with Gasteiger partial charge in [-0.3, -0.25) is 14.5 Å². The van der Waals surface area contributed by atoms with Crippen LogP contribution in [0.4, 0.5) is 5.69 Å². The van der Waals surface area contributed by atoms with Crippen molar-refractivity contribution < 1.29 is 33.6 Å². The standard InChI is InChI=1S/C32H35NO7/c1-7-39-25-15-10-21(17-24(25)19(3)4)30(34)28-29(20-9-16-26(38-6)27(18-20)40-8-2)33(32(36)31(28)35)22-11-13-23(37-5)14-12-22/h9-19,29,34H,7-8H2,1-6H3/b30-28+. The quantitative estimate of drug-likeness (QED) is 0.183. The molecule has 0 aliphatic carbocycles. The van der Waals surface area contributed by atoms with Crippen LogP contribution < -0.4 is 23.8 Å². The molecule has 0 spiro atoms. The third-order valence-electron chi connectivity index (χ3n) is 6.80. The summed E-state index contributed by atoms with van der Waals surface area (Å²) >= 11 is 0. The maximum Gasteiger partial charge on any atom is 0.300 e. The Morgan fingerprint density at radius 2 is 1.50 bits per heavy atom. The van der Waals surface area contributed by atoms with Crippen LogP contribution in [0.2, 0.25) is 0 Å². The summed E-state index contributed by atoms with van der Waals surface area (Å²) in [5.74, 6) is 0.593. The Morgan fingerprint density at radius 1 is 0.850 bits per heavy atom. The number of anilines is 1. The topological polar surface area (TPSA) is 94.5 Å². The number of methoxy groups -OCH3 is 2. The summed E-state index contributed by atoms with van der Waals surface area (Å²) in [5, 5.41) is 11.7. The molecule has 1 heterocycles. The Balaban J connectivity index is 1.95. The highest BCUT2D eigenvalue weighted by Gasteiger charge is 2.47. The molecule has 3 aromatic rings. The molecule has 8 nitrogen and oxygen atoms in total. The fraction of sp³-hybridized carbons (Fsp3) is 0.312. The van der Waals surface area contributed by atoms with Crippen LogP contribution in [0.25, 0.3) is 5.76 Å². The van der Waals surface area contributed by atoms with E-state index in [9.17, 15) is 14.7 Å². The lowest BCUT2D eigenvalue weighted by atomic mass is 9.93. The predicted octanol–water partition coefficient (Wildman–Crippen LogP) is 6.25. The molecule has 1 aliphatic rings. The lowest BCUT2D eigenvalue weighted by Crippen LogP contribution is -2.29. The van der Waals surface area contributed by atoms with Crippen molar-refractivity contribution >= 4 is 23.1 Å². The maximum atomic E-state index is 13.6. The molecule has 210 valence electrons. The number of amides is 1. The van der Waals surface area contributed by atoms with Gasteiger partial charge in [-0.25, -0.2) is 0 Å². The molecule has 0 saturated carbocycles. The van der Waals surface area contributed by atoms with E-state index in [-0.39, 0.29) is 17.3 Å². The lowest BCUT2D eigenvalue weighted by molar-refractivity contribution is -0.132. The summed E-state index contributed by atoms with van der Waals surface area (Å²) in [7, 11) is 3.09. The Kier molecular flexibility index (Phi) is 8.67. The first-order valence-corrected chi connectivity index (χ1v) is 13.3. The number of rotatable bonds is 10. The number of benzene rings is 3. The van der Waals surface area contributed by atoms with Crippen molar-refractivity contribution in [3.63, 3.8) is 0 Å². The zero-order valence-electron chi connectivity index (χ0n) is 23.7. The van der Waals surface area contributed by atoms with Gasteiger partial charge in [0.25, 0.3) is 11.7 Å². The fourth-order valence-electron chi connectivity index (χ4n) is 4.88. The summed E-state index contributed by atoms with van der Waals surface area (Å²) in [5.41, 5.74) is 2.34. The first kappa shape index (κ1) is 28.5. The van der Waals surface area contributed by atoms with Crippen LogP contribution in [-0.2, 0) is 9.59 Å². The van der Waals surface area contributed by atoms with E-state index in [1.165, 1.54) is 4.90 Å². The molecule has 3 aromatic carbocycles. The second kappa shape index (κ2) is 12.2. The first-order valence-electron chi connectivity index (χ1n) is 13.3. The number of carbonyl (C=O) groups is 2. The number of nitrogens with zero attached hydrogens (tertiary/aromatic N) is 1. The number of carbonyl (C=O) groups excluding carboxylic acids is 2. The number of ether oxygens (including phenoxy) is 4. The third kappa shape index (κ3) is 5.34. The number of aliphatic hydroxyl groups is 1. The van der Waals surface area contributed by atoms with Gasteiger partial charge >= 0.3 is 0 Å². The minimum Gasteiger partial charge on any atom is -0.507 e. The molecule has 1 unspecified atom stereocenters. The summed E-state index contributed by atoms with van der Waals surface area (Å²) in [6.45, 7) is 8.70. The lowest BCUT2D eigenvalue weighted by Gasteiger charge is -2.26. The number of hydrogen-bond donors (Lipinski definition) is 1. The highest BCUT2D eigenvalue weighted by molar-refractivity contribution is 6.51. The molecule has 1 amide bonds. The van der Waals surface area contributed by atoms with Crippen LogP contribution >= 0.6 is 0 Å². The molecule has 1 atom stereocenters. The van der Waals surface area contributed by atoms with Crippen molar-refractivity contribution in [2.75, 3.05) is 32.3 Å². The Bertz CT molecular complexity index is 1430. The average molecular weight is 546 g/mol. The van der Waals surface area contributed by atoms with E-state index in [0.717, 1.165) is 5.56 Å². The molecular formula is C32H35NO7. The molecular weight excluding hydrogens is 510 g/mol. The summed E-state index contributed by atoms with van der Waals surface area (Å²) in [4.78, 5) is 28.6. The average Bonchev–Trinajstić information content (AvgIpc) is 3.23. The van der Waals surface area contributed by atoms with Crippen LogP contribution in [0, 0.1) is 0 Å². The largest absolute Gasteiger partial charge is 0.507 e. The van der Waals surface area contributed by atoms with E-state index in [1.807, 2.05) is 33.8 Å². The minimum atomic E-state index is -0.924. The Morgan fingerprint density at radius 3 is 2.10 bits per heavy atom. The fourth-order valence-corrected chi connectivity index (χ4v) is 4.88. The Labute approximate surface area is 234 Å². The van der Waals surface area contributed by atoms with Crippen molar-refractivity contribution in [1.82, 2.24) is 0 Å². The highest BCUT2D eigenvalue weighted by Crippen LogP contribution is 2.45. The van der Waals surface area contributed by atoms with E-state index >= 15 is 0 Å². The third-order valence-corrected chi connectivity index (χ3v) is 6.80. The molecule has 0 aromatic heterocycles. The van der Waals surface area contributed by atoms with Gasteiger partial charge in [-0.2, -0.15) is 0 Å². The van der Waals surface area contributed by atoms with Gasteiger partial charge in [-0.1, -0.05) is 19.9 Å². The van der Waals surface area contributed by atoms with Crippen molar-refractivity contribution in [2.45, 2.75) is 39.7 Å². The van der Waals surface area contributed by atoms with E-state index in [0.29, 0.717) is 53.0 Å². The second-order valence-electron chi connectivity index (χ2n) is 9.55. The molecule has 0 bridgehead atoms.